The molecule has 1 aliphatic carbocycles. The molecule has 3 aromatic rings. The van der Waals surface area contributed by atoms with Crippen LogP contribution in [0.2, 0.25) is 0 Å². The van der Waals surface area contributed by atoms with E-state index in [-0.39, 0.29) is 0 Å². The lowest BCUT2D eigenvalue weighted by atomic mass is 9.71. The smallest absolute Gasteiger partial charge is 0.216 e. The number of halogens is 1. The number of hydrogen-bond acceptors (Lipinski definition) is 4. The highest BCUT2D eigenvalue weighted by molar-refractivity contribution is 14.1. The van der Waals surface area contributed by atoms with Crippen LogP contribution in [-0.4, -0.2) is 52.7 Å². The van der Waals surface area contributed by atoms with E-state index in [1.165, 1.54) is 42.6 Å². The van der Waals surface area contributed by atoms with Gasteiger partial charge in [0.15, 0.2) is 0 Å². The summed E-state index contributed by atoms with van der Waals surface area (Å²) in [5, 5.41) is 11.5. The van der Waals surface area contributed by atoms with Gasteiger partial charge < -0.3 is 10.2 Å². The molecule has 1 fully saturated rings. The number of aryl methyl sites for hydroxylation is 2. The van der Waals surface area contributed by atoms with Crippen LogP contribution in [0.3, 0.4) is 0 Å². The molecule has 3 aromatic carbocycles. The highest BCUT2D eigenvalue weighted by Gasteiger charge is 2.51. The van der Waals surface area contributed by atoms with Crippen LogP contribution in [0.25, 0.3) is 5.70 Å². The van der Waals surface area contributed by atoms with E-state index in [9.17, 15) is 0 Å². The van der Waals surface area contributed by atoms with Crippen molar-refractivity contribution in [2.24, 2.45) is 25.0 Å². The number of aliphatic imine (C=N–C) groups is 2. The van der Waals surface area contributed by atoms with Crippen molar-refractivity contribution in [2.45, 2.75) is 78.6 Å². The first kappa shape index (κ1) is 36.9. The molecule has 3 aliphatic rings. The maximum atomic E-state index is 8.07. The molecular weight excluding hydrogens is 741 g/mol. The molecule has 7 nitrogen and oxygen atoms in total. The summed E-state index contributed by atoms with van der Waals surface area (Å²) in [6.45, 7) is 8.19. The molecular formula is C43H53IN7+. The van der Waals surface area contributed by atoms with Crippen molar-refractivity contribution in [1.29, 1.82) is 5.41 Å². The van der Waals surface area contributed by atoms with Gasteiger partial charge in [-0.25, -0.2) is 4.48 Å². The first-order valence-electron chi connectivity index (χ1n) is 18.7. The van der Waals surface area contributed by atoms with Gasteiger partial charge in [-0.1, -0.05) is 92.6 Å². The lowest BCUT2D eigenvalue weighted by Gasteiger charge is -2.40. The molecule has 1 unspecified atom stereocenters. The Kier molecular flexibility index (Phi) is 12.4. The van der Waals surface area contributed by atoms with Crippen LogP contribution in [-0.2, 0) is 12.8 Å². The van der Waals surface area contributed by atoms with Crippen LogP contribution in [0, 0.1) is 17.2 Å². The predicted octanol–water partition coefficient (Wildman–Crippen LogP) is 10.3. The Labute approximate surface area is 319 Å². The van der Waals surface area contributed by atoms with E-state index in [0.717, 1.165) is 90.9 Å². The number of likely N-dealkylation sites (N-methyl/N-ethyl adjacent to an activating group) is 1. The van der Waals surface area contributed by atoms with Gasteiger partial charge in [-0.2, -0.15) is 8.20 Å². The van der Waals surface area contributed by atoms with Crippen LogP contribution >= 0.6 is 22.9 Å². The van der Waals surface area contributed by atoms with Gasteiger partial charge in [0.2, 0.25) is 17.4 Å². The average molecular weight is 795 g/mol. The minimum absolute atomic E-state index is 0.446. The number of amidine groups is 3. The fourth-order valence-corrected chi connectivity index (χ4v) is 8.24. The summed E-state index contributed by atoms with van der Waals surface area (Å²) in [7, 11) is 2.27. The van der Waals surface area contributed by atoms with E-state index in [4.69, 9.17) is 15.4 Å². The molecule has 0 spiro atoms. The number of hydrogen-bond donors (Lipinski definition) is 2. The second-order valence-electron chi connectivity index (χ2n) is 14.5. The molecule has 0 aromatic heterocycles. The largest absolute Gasteiger partial charge is 0.361 e. The Hall–Kier alpha value is -3.89. The molecule has 0 saturated heterocycles. The second-order valence-corrected chi connectivity index (χ2v) is 15.0. The number of benzene rings is 3. The molecule has 2 N–H and O–H groups in total. The molecule has 2 aliphatic heterocycles. The van der Waals surface area contributed by atoms with E-state index in [1.54, 1.807) is 0 Å². The van der Waals surface area contributed by atoms with E-state index < -0.39 is 0 Å². The number of fused-ring (bicyclic) bond motifs is 1. The summed E-state index contributed by atoms with van der Waals surface area (Å²) in [6.07, 6.45) is 14.4. The third-order valence-corrected chi connectivity index (χ3v) is 11.2. The zero-order valence-corrected chi connectivity index (χ0v) is 32.9. The number of unbranched alkanes of at least 4 members (excludes halogenated alkanes) is 1. The summed E-state index contributed by atoms with van der Waals surface area (Å²) in [5.41, 5.74) is 8.97. The Morgan fingerprint density at radius 1 is 0.961 bits per heavy atom. The first-order chi connectivity index (χ1) is 24.8. The number of rotatable bonds is 15. The number of nitrogens with one attached hydrogen (secondary N) is 2. The maximum absolute atomic E-state index is 8.07. The maximum Gasteiger partial charge on any atom is 0.216 e. The molecule has 6 rings (SSSR count). The Morgan fingerprint density at radius 2 is 1.71 bits per heavy atom. The molecule has 266 valence electrons. The third-order valence-electron chi connectivity index (χ3n) is 10.7. The summed E-state index contributed by atoms with van der Waals surface area (Å²) in [5.74, 6) is 3.95. The van der Waals surface area contributed by atoms with E-state index in [2.05, 4.69) is 142 Å². The molecule has 8 heteroatoms. The fourth-order valence-electron chi connectivity index (χ4n) is 7.87. The normalized spacial score (nSPS) is 22.0. The van der Waals surface area contributed by atoms with Gasteiger partial charge in [0.25, 0.3) is 0 Å². The third kappa shape index (κ3) is 8.60. The van der Waals surface area contributed by atoms with Gasteiger partial charge >= 0.3 is 0 Å². The van der Waals surface area contributed by atoms with E-state index in [0.29, 0.717) is 16.2 Å². The van der Waals surface area contributed by atoms with Gasteiger partial charge in [-0.15, -0.1) is 0 Å². The Balaban J connectivity index is 1.25. The van der Waals surface area contributed by atoms with Crippen LogP contribution < -0.4 is 5.32 Å². The minimum Gasteiger partial charge on any atom is -0.361 e. The topological polar surface area (TPSA) is 76.2 Å². The summed E-state index contributed by atoms with van der Waals surface area (Å²) in [4.78, 5) is 13.0. The minimum atomic E-state index is 0.446. The quantitative estimate of drug-likeness (QED) is 0.0529. The van der Waals surface area contributed by atoms with E-state index in [1.807, 2.05) is 13.1 Å². The first-order valence-corrected chi connectivity index (χ1v) is 19.7. The van der Waals surface area contributed by atoms with Gasteiger partial charge in [-0.05, 0) is 87.5 Å². The van der Waals surface area contributed by atoms with Crippen molar-refractivity contribution >= 4 is 57.5 Å². The zero-order chi connectivity index (χ0) is 35.8. The molecule has 1 atom stereocenters. The van der Waals surface area contributed by atoms with E-state index >= 15 is 0 Å². The molecule has 1 saturated carbocycles. The van der Waals surface area contributed by atoms with Gasteiger partial charge in [0.05, 0.1) is 53.6 Å². The Morgan fingerprint density at radius 3 is 2.41 bits per heavy atom. The summed E-state index contributed by atoms with van der Waals surface area (Å²) in [6, 6.07) is 28.0. The van der Waals surface area contributed by atoms with Crippen LogP contribution in [0.15, 0.2) is 110 Å². The van der Waals surface area contributed by atoms with Gasteiger partial charge in [0, 0.05) is 24.4 Å². The standard InChI is InChI=1S/C43H53IN7/c1-5-25-50(32(3)45)26-13-12-17-34-28-38(29-34)43-48-40(41-42(49-44)46-24-27-51(41,43)4)37-23-22-36(21-14-18-33-15-8-6-9-16-33)39(30-37)47-31(2)35-19-10-7-11-20-35/h6-11,15-16,19-20,22-24,27,30,34,38,45H,5,12-14,17-18,21,25-26,28-29H2,1-4H3,(H,46,49)/q+1. The monoisotopic (exact) mass is 794 g/mol. The molecule has 2 heterocycles. The van der Waals surface area contributed by atoms with Gasteiger partial charge in [-0.3, -0.25) is 10.4 Å². The zero-order valence-electron chi connectivity index (χ0n) is 30.7. The molecule has 51 heavy (non-hydrogen) atoms. The average Bonchev–Trinajstić information content (AvgIpc) is 3.44. The number of quaternary nitrogens is 1. The van der Waals surface area contributed by atoms with Crippen molar-refractivity contribution < 1.29 is 4.48 Å². The van der Waals surface area contributed by atoms with Crippen molar-refractivity contribution in [3.63, 3.8) is 0 Å². The van der Waals surface area contributed by atoms with Crippen molar-refractivity contribution in [2.75, 3.05) is 20.1 Å². The summed E-state index contributed by atoms with van der Waals surface area (Å²) < 4.78 is 5.24. The van der Waals surface area contributed by atoms with Crippen molar-refractivity contribution in [3.8, 4) is 0 Å². The van der Waals surface area contributed by atoms with Crippen molar-refractivity contribution in [1.82, 2.24) is 10.2 Å². The highest BCUT2D eigenvalue weighted by Crippen LogP contribution is 2.47. The SMILES string of the molecule is CCCN(CCCCC1CC(C2=NC(c3ccc(CCCc4ccccc4)c(N=C(C)c4ccccc4)c3)=C3C(=NI)NC=C[N+]23C)C1)C(C)=N. The molecule has 0 radical (unpaired) electrons. The molecule has 0 amide bonds. The lowest BCUT2D eigenvalue weighted by molar-refractivity contribution is -0.718. The predicted molar refractivity (Wildman–Crippen MR) is 223 cm³/mol. The fraction of sp³-hybridized carbons (Fsp3) is 0.395. The molecule has 0 bridgehead atoms. The van der Waals surface area contributed by atoms with Crippen LogP contribution in [0.5, 0.6) is 0 Å². The van der Waals surface area contributed by atoms with Crippen molar-refractivity contribution in [3.05, 3.63) is 119 Å². The Bertz CT molecular complexity index is 1840. The van der Waals surface area contributed by atoms with Gasteiger partial charge in [0.1, 0.15) is 11.9 Å². The van der Waals surface area contributed by atoms with Crippen LogP contribution in [0.1, 0.15) is 88.0 Å². The lowest BCUT2D eigenvalue weighted by Crippen LogP contribution is -2.53. The second kappa shape index (κ2) is 17.1. The highest BCUT2D eigenvalue weighted by atomic mass is 127. The number of nitrogens with zero attached hydrogens (tertiary/aromatic N) is 5. The summed E-state index contributed by atoms with van der Waals surface area (Å²) >= 11 is 2.11. The van der Waals surface area contributed by atoms with Crippen LogP contribution in [0.4, 0.5) is 5.69 Å².